The first-order chi connectivity index (χ1) is 12.9. The molecule has 6 atom stereocenters. The smallest absolute Gasteiger partial charge is 0.184 e. The van der Waals surface area contributed by atoms with Crippen LogP contribution in [-0.4, -0.2) is 36.5 Å². The molecule has 5 aliphatic rings. The van der Waals surface area contributed by atoms with E-state index in [1.54, 1.807) is 6.08 Å². The predicted molar refractivity (Wildman–Crippen MR) is 101 cm³/mol. The second-order valence-corrected chi connectivity index (χ2v) is 9.29. The van der Waals surface area contributed by atoms with Crippen LogP contribution < -0.4 is 0 Å². The molecular formula is C23H28O4. The van der Waals surface area contributed by atoms with E-state index in [0.717, 1.165) is 31.3 Å². The summed E-state index contributed by atoms with van der Waals surface area (Å²) < 4.78 is 11.9. The van der Waals surface area contributed by atoms with Gasteiger partial charge in [0.1, 0.15) is 12.2 Å². The third kappa shape index (κ3) is 2.06. The van der Waals surface area contributed by atoms with Crippen LogP contribution in [0, 0.1) is 22.7 Å². The number of Topliss-reactive ketones (excluding diaryl/α,β-unsaturated/α-hetero) is 1. The number of hydrogen-bond acceptors (Lipinski definition) is 4. The van der Waals surface area contributed by atoms with Crippen molar-refractivity contribution in [2.45, 2.75) is 58.2 Å². The Kier molecular flexibility index (Phi) is 3.59. The Hall–Kier alpha value is -1.52. The molecule has 0 aromatic heterocycles. The molecule has 0 aromatic carbocycles. The fraction of sp³-hybridized carbons (Fsp3) is 0.652. The van der Waals surface area contributed by atoms with Crippen molar-refractivity contribution in [1.29, 1.82) is 0 Å². The number of rotatable bonds is 4. The zero-order valence-corrected chi connectivity index (χ0v) is 16.4. The van der Waals surface area contributed by atoms with Crippen LogP contribution in [-0.2, 0) is 19.1 Å². The molecule has 4 heteroatoms. The molecule has 1 aliphatic heterocycles. The largest absolute Gasteiger partial charge is 0.374 e. The van der Waals surface area contributed by atoms with Gasteiger partial charge in [0.25, 0.3) is 0 Å². The molecule has 1 saturated heterocycles. The molecule has 0 N–H and O–H groups in total. The van der Waals surface area contributed by atoms with Crippen LogP contribution in [0.5, 0.6) is 0 Å². The highest BCUT2D eigenvalue weighted by Gasteiger charge is 2.78. The third-order valence-electron chi connectivity index (χ3n) is 8.25. The number of ether oxygens (including phenoxy) is 2. The average Bonchev–Trinajstić information content (AvgIpc) is 3.25. The Balaban J connectivity index is 1.48. The highest BCUT2D eigenvalue weighted by molar-refractivity contribution is 6.01. The monoisotopic (exact) mass is 368 g/mol. The van der Waals surface area contributed by atoms with E-state index in [-0.39, 0.29) is 40.7 Å². The summed E-state index contributed by atoms with van der Waals surface area (Å²) in [5, 5.41) is 0. The first kappa shape index (κ1) is 17.6. The number of ketones is 2. The van der Waals surface area contributed by atoms with Crippen molar-refractivity contribution in [3.8, 4) is 0 Å². The van der Waals surface area contributed by atoms with Gasteiger partial charge in [-0.1, -0.05) is 24.6 Å². The molecule has 4 nitrogen and oxygen atoms in total. The summed E-state index contributed by atoms with van der Waals surface area (Å²) >= 11 is 0. The van der Waals surface area contributed by atoms with E-state index in [0.29, 0.717) is 18.4 Å². The molecule has 3 fully saturated rings. The summed E-state index contributed by atoms with van der Waals surface area (Å²) in [7, 11) is 0. The Morgan fingerprint density at radius 3 is 2.93 bits per heavy atom. The number of epoxide rings is 1. The number of allylic oxidation sites excluding steroid dienone is 3. The minimum absolute atomic E-state index is 0.0986. The predicted octanol–water partition coefficient (Wildman–Crippen LogP) is 3.57. The van der Waals surface area contributed by atoms with E-state index in [1.165, 1.54) is 5.57 Å². The van der Waals surface area contributed by atoms with Crippen LogP contribution in [0.1, 0.15) is 46.5 Å². The van der Waals surface area contributed by atoms with E-state index < -0.39 is 0 Å². The maximum atomic E-state index is 12.8. The fourth-order valence-corrected chi connectivity index (χ4v) is 6.92. The van der Waals surface area contributed by atoms with Crippen LogP contribution >= 0.6 is 0 Å². The van der Waals surface area contributed by atoms with Crippen molar-refractivity contribution in [3.05, 3.63) is 35.5 Å². The summed E-state index contributed by atoms with van der Waals surface area (Å²) in [6, 6.07) is 0. The van der Waals surface area contributed by atoms with Crippen LogP contribution in [0.25, 0.3) is 0 Å². The van der Waals surface area contributed by atoms with Gasteiger partial charge in [0, 0.05) is 17.4 Å². The summed E-state index contributed by atoms with van der Waals surface area (Å²) in [5.41, 5.74) is 1.70. The van der Waals surface area contributed by atoms with E-state index >= 15 is 0 Å². The first-order valence-electron chi connectivity index (χ1n) is 10.3. The SMILES string of the molecule is CCOCC(=O)C1=CCC2C3CCC4=CC(=O)C=C[C@]4(C)C34OC4C[C@]12C. The number of fused-ring (bicyclic) bond motifs is 3. The Morgan fingerprint density at radius 1 is 1.33 bits per heavy atom. The van der Waals surface area contributed by atoms with Crippen LogP contribution in [0.4, 0.5) is 0 Å². The lowest BCUT2D eigenvalue weighted by Gasteiger charge is -2.54. The topological polar surface area (TPSA) is 55.9 Å². The van der Waals surface area contributed by atoms with Crippen molar-refractivity contribution < 1.29 is 19.1 Å². The normalized spacial score (nSPS) is 46.6. The number of carbonyl (C=O) groups excluding carboxylic acids is 2. The molecule has 0 bridgehead atoms. The molecule has 1 spiro atoms. The zero-order chi connectivity index (χ0) is 19.0. The minimum atomic E-state index is -0.190. The summed E-state index contributed by atoms with van der Waals surface area (Å²) in [4.78, 5) is 24.7. The molecule has 144 valence electrons. The van der Waals surface area contributed by atoms with Gasteiger partial charge in [0.2, 0.25) is 0 Å². The van der Waals surface area contributed by atoms with Crippen molar-refractivity contribution in [2.75, 3.05) is 13.2 Å². The van der Waals surface area contributed by atoms with Crippen molar-refractivity contribution in [1.82, 2.24) is 0 Å². The van der Waals surface area contributed by atoms with E-state index in [4.69, 9.17) is 9.47 Å². The lowest BCUT2D eigenvalue weighted by molar-refractivity contribution is -0.121. The lowest BCUT2D eigenvalue weighted by Crippen LogP contribution is -2.56. The van der Waals surface area contributed by atoms with Crippen LogP contribution in [0.3, 0.4) is 0 Å². The van der Waals surface area contributed by atoms with Gasteiger partial charge >= 0.3 is 0 Å². The molecule has 0 aromatic rings. The van der Waals surface area contributed by atoms with Gasteiger partial charge in [-0.05, 0) is 69.1 Å². The van der Waals surface area contributed by atoms with E-state index in [2.05, 4.69) is 26.0 Å². The standard InChI is InChI=1S/C23H28O4/c1-4-26-13-19(25)18-8-7-16-17-6-5-14-11-15(24)9-10-22(14,3)23(17)20(27-23)12-21(16,18)2/h8-11,16-17,20H,4-7,12-13H2,1-3H3/t16?,17?,20?,21-,22-,23?/m0/s1. The molecule has 5 rings (SSSR count). The molecule has 0 amide bonds. The highest BCUT2D eigenvalue weighted by atomic mass is 16.6. The molecule has 27 heavy (non-hydrogen) atoms. The molecule has 4 unspecified atom stereocenters. The van der Waals surface area contributed by atoms with Crippen molar-refractivity contribution >= 4 is 11.6 Å². The van der Waals surface area contributed by atoms with Gasteiger partial charge in [-0.25, -0.2) is 0 Å². The van der Waals surface area contributed by atoms with Crippen LogP contribution in [0.2, 0.25) is 0 Å². The second-order valence-electron chi connectivity index (χ2n) is 9.29. The summed E-state index contributed by atoms with van der Waals surface area (Å²) in [6.45, 7) is 7.18. The first-order valence-corrected chi connectivity index (χ1v) is 10.3. The zero-order valence-electron chi connectivity index (χ0n) is 16.4. The van der Waals surface area contributed by atoms with Gasteiger partial charge in [-0.15, -0.1) is 0 Å². The number of hydrogen-bond donors (Lipinski definition) is 0. The molecule has 1 heterocycles. The maximum absolute atomic E-state index is 12.8. The summed E-state index contributed by atoms with van der Waals surface area (Å²) in [5.74, 6) is 1.10. The number of carbonyl (C=O) groups is 2. The van der Waals surface area contributed by atoms with Gasteiger partial charge in [0.15, 0.2) is 11.6 Å². The Morgan fingerprint density at radius 2 is 2.15 bits per heavy atom. The van der Waals surface area contributed by atoms with Gasteiger partial charge in [-0.2, -0.15) is 0 Å². The quantitative estimate of drug-likeness (QED) is 0.712. The van der Waals surface area contributed by atoms with E-state index in [1.807, 2.05) is 13.0 Å². The lowest BCUT2D eigenvalue weighted by atomic mass is 9.47. The fourth-order valence-electron chi connectivity index (χ4n) is 6.92. The van der Waals surface area contributed by atoms with E-state index in [9.17, 15) is 9.59 Å². The maximum Gasteiger partial charge on any atom is 0.184 e. The Bertz CT molecular complexity index is 820. The molecule has 4 aliphatic carbocycles. The van der Waals surface area contributed by atoms with Crippen molar-refractivity contribution in [2.24, 2.45) is 22.7 Å². The van der Waals surface area contributed by atoms with Gasteiger partial charge in [-0.3, -0.25) is 9.59 Å². The van der Waals surface area contributed by atoms with Gasteiger partial charge in [0.05, 0.1) is 6.10 Å². The summed E-state index contributed by atoms with van der Waals surface area (Å²) in [6.07, 6.45) is 11.8. The van der Waals surface area contributed by atoms with Crippen molar-refractivity contribution in [3.63, 3.8) is 0 Å². The van der Waals surface area contributed by atoms with Gasteiger partial charge < -0.3 is 9.47 Å². The third-order valence-corrected chi connectivity index (χ3v) is 8.25. The molecular weight excluding hydrogens is 340 g/mol. The highest BCUT2D eigenvalue weighted by Crippen LogP contribution is 2.74. The minimum Gasteiger partial charge on any atom is -0.374 e. The second kappa shape index (κ2) is 5.51. The molecule has 2 saturated carbocycles. The Labute approximate surface area is 160 Å². The molecule has 0 radical (unpaired) electrons. The van der Waals surface area contributed by atoms with Crippen LogP contribution in [0.15, 0.2) is 35.5 Å². The average molecular weight is 368 g/mol.